The fraction of sp³-hybridized carbons (Fsp3) is 0.211. The average molecular weight is 317 g/mol. The first-order valence-corrected chi connectivity index (χ1v) is 8.05. The molecule has 0 N–H and O–H groups in total. The van der Waals surface area contributed by atoms with Crippen molar-refractivity contribution in [2.45, 2.75) is 13.8 Å². The van der Waals surface area contributed by atoms with Gasteiger partial charge in [-0.25, -0.2) is 4.68 Å². The number of hydrogen-bond acceptors (Lipinski definition) is 4. The second kappa shape index (κ2) is 6.97. The molecule has 0 amide bonds. The van der Waals surface area contributed by atoms with Crippen LogP contribution in [0.3, 0.4) is 0 Å². The number of nitrogens with zero attached hydrogens (tertiary/aromatic N) is 5. The van der Waals surface area contributed by atoms with Gasteiger partial charge in [-0.1, -0.05) is 35.5 Å². The maximum Gasteiger partial charge on any atom is 0.191 e. The highest BCUT2D eigenvalue weighted by Crippen LogP contribution is 2.25. The summed E-state index contributed by atoms with van der Waals surface area (Å²) in [6.07, 6.45) is 0. The Labute approximate surface area is 141 Å². The summed E-state index contributed by atoms with van der Waals surface area (Å²) < 4.78 is 1.72. The van der Waals surface area contributed by atoms with Crippen LogP contribution in [-0.4, -0.2) is 28.1 Å². The van der Waals surface area contributed by atoms with E-state index in [1.807, 2.05) is 42.5 Å². The first kappa shape index (κ1) is 15.8. The highest BCUT2D eigenvalue weighted by atomic mass is 15.4. The number of nitriles is 1. The highest BCUT2D eigenvalue weighted by molar-refractivity contribution is 5.67. The van der Waals surface area contributed by atoms with Crippen molar-refractivity contribution in [2.24, 2.45) is 0 Å². The summed E-state index contributed by atoms with van der Waals surface area (Å²) in [6.45, 7) is 6.21. The minimum absolute atomic E-state index is 0.328. The molecule has 0 aliphatic carbocycles. The monoisotopic (exact) mass is 317 g/mol. The Bertz CT molecular complexity index is 840. The third kappa shape index (κ3) is 2.86. The van der Waals surface area contributed by atoms with Gasteiger partial charge in [0.15, 0.2) is 5.69 Å². The zero-order chi connectivity index (χ0) is 16.9. The van der Waals surface area contributed by atoms with E-state index >= 15 is 0 Å². The van der Waals surface area contributed by atoms with Gasteiger partial charge in [0.05, 0.1) is 5.69 Å². The van der Waals surface area contributed by atoms with Crippen LogP contribution in [0.15, 0.2) is 54.6 Å². The van der Waals surface area contributed by atoms with Crippen LogP contribution in [0.1, 0.15) is 19.5 Å². The van der Waals surface area contributed by atoms with E-state index in [2.05, 4.69) is 47.3 Å². The van der Waals surface area contributed by atoms with E-state index in [-0.39, 0.29) is 0 Å². The van der Waals surface area contributed by atoms with Gasteiger partial charge in [-0.15, -0.1) is 5.10 Å². The van der Waals surface area contributed by atoms with E-state index in [4.69, 9.17) is 0 Å². The Hall–Kier alpha value is -3.13. The summed E-state index contributed by atoms with van der Waals surface area (Å²) in [5.74, 6) is 0. The molecular weight excluding hydrogens is 298 g/mol. The Kier molecular flexibility index (Phi) is 4.57. The van der Waals surface area contributed by atoms with Crippen molar-refractivity contribution in [3.05, 3.63) is 60.3 Å². The minimum Gasteiger partial charge on any atom is -0.372 e. The second-order valence-electron chi connectivity index (χ2n) is 5.36. The number of aromatic nitrogens is 3. The number of hydrogen-bond donors (Lipinski definition) is 0. The molecule has 2 aromatic carbocycles. The van der Waals surface area contributed by atoms with E-state index in [0.29, 0.717) is 11.4 Å². The van der Waals surface area contributed by atoms with E-state index in [1.54, 1.807) is 4.68 Å². The zero-order valence-corrected chi connectivity index (χ0v) is 13.8. The van der Waals surface area contributed by atoms with Crippen LogP contribution in [0.2, 0.25) is 0 Å². The molecule has 0 saturated carbocycles. The summed E-state index contributed by atoms with van der Waals surface area (Å²) in [7, 11) is 0. The molecule has 3 rings (SSSR count). The lowest BCUT2D eigenvalue weighted by Gasteiger charge is -2.21. The Morgan fingerprint density at radius 1 is 1.00 bits per heavy atom. The topological polar surface area (TPSA) is 57.7 Å². The van der Waals surface area contributed by atoms with Crippen molar-refractivity contribution in [3.8, 4) is 23.0 Å². The quantitative estimate of drug-likeness (QED) is 0.720. The van der Waals surface area contributed by atoms with Gasteiger partial charge in [-0.3, -0.25) is 0 Å². The van der Waals surface area contributed by atoms with Crippen molar-refractivity contribution < 1.29 is 0 Å². The van der Waals surface area contributed by atoms with Crippen LogP contribution in [0.4, 0.5) is 5.69 Å². The van der Waals surface area contributed by atoms with Crippen LogP contribution in [0.5, 0.6) is 0 Å². The van der Waals surface area contributed by atoms with Gasteiger partial charge in [0.2, 0.25) is 0 Å². The summed E-state index contributed by atoms with van der Waals surface area (Å²) in [5, 5.41) is 17.5. The van der Waals surface area contributed by atoms with Gasteiger partial charge in [0, 0.05) is 24.3 Å². The SMILES string of the molecule is CCN(CC)c1ccc(-n2nnc(C#N)c2-c2ccccc2)cc1. The Morgan fingerprint density at radius 3 is 2.25 bits per heavy atom. The molecule has 0 atom stereocenters. The Balaban J connectivity index is 2.05. The number of anilines is 1. The third-order valence-corrected chi connectivity index (χ3v) is 4.05. The van der Waals surface area contributed by atoms with E-state index in [0.717, 1.165) is 24.3 Å². The average Bonchev–Trinajstić information content (AvgIpc) is 3.08. The molecular formula is C19H19N5. The molecule has 0 radical (unpaired) electrons. The molecule has 0 fully saturated rings. The maximum atomic E-state index is 9.35. The lowest BCUT2D eigenvalue weighted by Crippen LogP contribution is -2.21. The first-order chi connectivity index (χ1) is 11.8. The summed E-state index contributed by atoms with van der Waals surface area (Å²) in [5.41, 5.74) is 4.03. The highest BCUT2D eigenvalue weighted by Gasteiger charge is 2.16. The molecule has 3 aromatic rings. The maximum absolute atomic E-state index is 9.35. The Morgan fingerprint density at radius 2 is 1.67 bits per heavy atom. The predicted octanol–water partition coefficient (Wildman–Crippen LogP) is 3.65. The summed E-state index contributed by atoms with van der Waals surface area (Å²) >= 11 is 0. The largest absolute Gasteiger partial charge is 0.372 e. The van der Waals surface area contributed by atoms with Gasteiger partial charge in [-0.05, 0) is 38.1 Å². The van der Waals surface area contributed by atoms with Gasteiger partial charge < -0.3 is 4.90 Å². The smallest absolute Gasteiger partial charge is 0.191 e. The van der Waals surface area contributed by atoms with Crippen molar-refractivity contribution in [1.82, 2.24) is 15.0 Å². The van der Waals surface area contributed by atoms with Crippen LogP contribution in [0.25, 0.3) is 16.9 Å². The third-order valence-electron chi connectivity index (χ3n) is 4.05. The zero-order valence-electron chi connectivity index (χ0n) is 13.8. The molecule has 24 heavy (non-hydrogen) atoms. The van der Waals surface area contributed by atoms with E-state index in [9.17, 15) is 5.26 Å². The second-order valence-corrected chi connectivity index (χ2v) is 5.36. The lowest BCUT2D eigenvalue weighted by atomic mass is 10.1. The molecule has 1 heterocycles. The van der Waals surface area contributed by atoms with Crippen molar-refractivity contribution in [1.29, 1.82) is 5.26 Å². The molecule has 120 valence electrons. The first-order valence-electron chi connectivity index (χ1n) is 8.05. The standard InChI is InChI=1S/C19H19N5/c1-3-23(4-2)16-10-12-17(13-11-16)24-19(18(14-20)21-22-24)15-8-6-5-7-9-15/h5-13H,3-4H2,1-2H3. The lowest BCUT2D eigenvalue weighted by molar-refractivity contribution is 0.805. The van der Waals surface area contributed by atoms with Crippen LogP contribution >= 0.6 is 0 Å². The molecule has 0 aliphatic heterocycles. The molecule has 0 bridgehead atoms. The number of rotatable bonds is 5. The van der Waals surface area contributed by atoms with Gasteiger partial charge in [-0.2, -0.15) is 5.26 Å². The van der Waals surface area contributed by atoms with Crippen molar-refractivity contribution in [2.75, 3.05) is 18.0 Å². The predicted molar refractivity (Wildman–Crippen MR) is 95.1 cm³/mol. The van der Waals surface area contributed by atoms with Gasteiger partial charge in [0.1, 0.15) is 11.8 Å². The summed E-state index contributed by atoms with van der Waals surface area (Å²) in [6, 6.07) is 20.0. The molecule has 0 saturated heterocycles. The van der Waals surface area contributed by atoms with Crippen molar-refractivity contribution in [3.63, 3.8) is 0 Å². The normalized spacial score (nSPS) is 10.4. The van der Waals surface area contributed by atoms with E-state index < -0.39 is 0 Å². The molecule has 5 heteroatoms. The molecule has 1 aromatic heterocycles. The van der Waals surface area contributed by atoms with Crippen molar-refractivity contribution >= 4 is 5.69 Å². The summed E-state index contributed by atoms with van der Waals surface area (Å²) in [4.78, 5) is 2.28. The van der Waals surface area contributed by atoms with Gasteiger partial charge >= 0.3 is 0 Å². The number of benzene rings is 2. The molecule has 0 unspecified atom stereocenters. The molecule has 0 spiro atoms. The fourth-order valence-corrected chi connectivity index (χ4v) is 2.79. The van der Waals surface area contributed by atoms with E-state index in [1.165, 1.54) is 5.69 Å². The minimum atomic E-state index is 0.328. The van der Waals surface area contributed by atoms with Crippen LogP contribution in [0, 0.1) is 11.3 Å². The fourth-order valence-electron chi connectivity index (χ4n) is 2.79. The molecule has 5 nitrogen and oxygen atoms in total. The molecule has 0 aliphatic rings. The van der Waals surface area contributed by atoms with Crippen LogP contribution in [-0.2, 0) is 0 Å². The van der Waals surface area contributed by atoms with Gasteiger partial charge in [0.25, 0.3) is 0 Å². The van der Waals surface area contributed by atoms with Crippen LogP contribution < -0.4 is 4.90 Å².